The molecule has 0 spiro atoms. The van der Waals surface area contributed by atoms with Crippen molar-refractivity contribution in [3.8, 4) is 5.75 Å². The number of aromatic carboxylic acids is 1. The van der Waals surface area contributed by atoms with Gasteiger partial charge < -0.3 is 15.2 Å². The highest BCUT2D eigenvalue weighted by molar-refractivity contribution is 5.88. The van der Waals surface area contributed by atoms with Gasteiger partial charge in [0.05, 0.1) is 5.56 Å². The second kappa shape index (κ2) is 6.61. The molecule has 0 radical (unpaired) electrons. The predicted molar refractivity (Wildman–Crippen MR) is 78.6 cm³/mol. The largest absolute Gasteiger partial charge is 0.492 e. The van der Waals surface area contributed by atoms with Gasteiger partial charge in [-0.15, -0.1) is 0 Å². The van der Waals surface area contributed by atoms with Crippen LogP contribution in [0.2, 0.25) is 0 Å². The fourth-order valence-corrected chi connectivity index (χ4v) is 1.87. The summed E-state index contributed by atoms with van der Waals surface area (Å²) < 4.78 is 5.57. The van der Waals surface area contributed by atoms with E-state index in [0.717, 1.165) is 17.0 Å². The standard InChI is InChI=1S/C16H17NO3/c1-12-11-13(16(18)19)7-8-15(12)17-9-10-20-14-5-3-2-4-6-14/h2-8,11,17H,9-10H2,1H3,(H,18,19). The van der Waals surface area contributed by atoms with Gasteiger partial charge in [0, 0.05) is 12.2 Å². The Morgan fingerprint density at radius 2 is 1.95 bits per heavy atom. The summed E-state index contributed by atoms with van der Waals surface area (Å²) in [6.45, 7) is 3.08. The molecule has 4 heteroatoms. The molecule has 0 saturated heterocycles. The van der Waals surface area contributed by atoms with Crippen LogP contribution in [-0.4, -0.2) is 24.2 Å². The van der Waals surface area contributed by atoms with Gasteiger partial charge in [-0.2, -0.15) is 0 Å². The number of carboxylic acid groups (broad SMARTS) is 1. The van der Waals surface area contributed by atoms with Crippen molar-refractivity contribution < 1.29 is 14.6 Å². The Balaban J connectivity index is 1.84. The number of aryl methyl sites for hydroxylation is 1. The normalized spacial score (nSPS) is 10.1. The van der Waals surface area contributed by atoms with Gasteiger partial charge >= 0.3 is 5.97 Å². The van der Waals surface area contributed by atoms with E-state index >= 15 is 0 Å². The van der Waals surface area contributed by atoms with Crippen LogP contribution < -0.4 is 10.1 Å². The lowest BCUT2D eigenvalue weighted by molar-refractivity contribution is 0.0697. The Morgan fingerprint density at radius 1 is 1.20 bits per heavy atom. The molecule has 0 atom stereocenters. The average Bonchev–Trinajstić information content (AvgIpc) is 2.46. The van der Waals surface area contributed by atoms with Crippen LogP contribution in [0.25, 0.3) is 0 Å². The molecule has 0 aliphatic carbocycles. The lowest BCUT2D eigenvalue weighted by atomic mass is 10.1. The molecule has 0 aliphatic rings. The Labute approximate surface area is 118 Å². The summed E-state index contributed by atoms with van der Waals surface area (Å²) in [6.07, 6.45) is 0. The molecule has 2 aromatic carbocycles. The number of carboxylic acids is 1. The maximum absolute atomic E-state index is 10.8. The number of hydrogen-bond donors (Lipinski definition) is 2. The maximum Gasteiger partial charge on any atom is 0.335 e. The molecule has 2 aromatic rings. The first kappa shape index (κ1) is 13.9. The molecule has 0 bridgehead atoms. The molecule has 4 nitrogen and oxygen atoms in total. The Bertz CT molecular complexity index is 582. The summed E-state index contributed by atoms with van der Waals surface area (Å²) in [5.41, 5.74) is 2.13. The van der Waals surface area contributed by atoms with Crippen LogP contribution in [0.4, 0.5) is 5.69 Å². The van der Waals surface area contributed by atoms with Crippen molar-refractivity contribution in [2.45, 2.75) is 6.92 Å². The number of rotatable bonds is 6. The van der Waals surface area contributed by atoms with Gasteiger partial charge in [0.1, 0.15) is 12.4 Å². The summed E-state index contributed by atoms with van der Waals surface area (Å²) >= 11 is 0. The molecule has 2 N–H and O–H groups in total. The molecule has 0 heterocycles. The first-order valence-corrected chi connectivity index (χ1v) is 6.42. The molecular weight excluding hydrogens is 254 g/mol. The summed E-state index contributed by atoms with van der Waals surface area (Å²) in [5, 5.41) is 12.1. The van der Waals surface area contributed by atoms with Gasteiger partial charge in [0.15, 0.2) is 0 Å². The zero-order chi connectivity index (χ0) is 14.4. The van der Waals surface area contributed by atoms with Crippen molar-refractivity contribution in [1.82, 2.24) is 0 Å². The van der Waals surface area contributed by atoms with E-state index in [0.29, 0.717) is 18.7 Å². The highest BCUT2D eigenvalue weighted by Crippen LogP contribution is 2.16. The van der Waals surface area contributed by atoms with Crippen LogP contribution in [0.5, 0.6) is 5.75 Å². The van der Waals surface area contributed by atoms with Crippen molar-refractivity contribution >= 4 is 11.7 Å². The fraction of sp³-hybridized carbons (Fsp3) is 0.188. The zero-order valence-corrected chi connectivity index (χ0v) is 11.3. The minimum absolute atomic E-state index is 0.300. The van der Waals surface area contributed by atoms with Gasteiger partial charge in [0.25, 0.3) is 0 Å². The first-order chi connectivity index (χ1) is 9.66. The number of para-hydroxylation sites is 1. The lowest BCUT2D eigenvalue weighted by Gasteiger charge is -2.11. The van der Waals surface area contributed by atoms with Crippen molar-refractivity contribution in [2.75, 3.05) is 18.5 Å². The highest BCUT2D eigenvalue weighted by atomic mass is 16.5. The van der Waals surface area contributed by atoms with Gasteiger partial charge in [-0.25, -0.2) is 4.79 Å². The topological polar surface area (TPSA) is 58.6 Å². The van der Waals surface area contributed by atoms with E-state index in [-0.39, 0.29) is 0 Å². The van der Waals surface area contributed by atoms with Gasteiger partial charge in [-0.1, -0.05) is 18.2 Å². The Morgan fingerprint density at radius 3 is 2.60 bits per heavy atom. The van der Waals surface area contributed by atoms with E-state index in [9.17, 15) is 4.79 Å². The smallest absolute Gasteiger partial charge is 0.335 e. The van der Waals surface area contributed by atoms with E-state index in [4.69, 9.17) is 9.84 Å². The molecule has 0 aromatic heterocycles. The second-order valence-corrected chi connectivity index (χ2v) is 4.42. The van der Waals surface area contributed by atoms with Crippen LogP contribution in [0, 0.1) is 6.92 Å². The van der Waals surface area contributed by atoms with Crippen molar-refractivity contribution in [3.05, 3.63) is 59.7 Å². The van der Waals surface area contributed by atoms with Gasteiger partial charge in [-0.05, 0) is 42.8 Å². The molecule has 0 fully saturated rings. The molecule has 2 rings (SSSR count). The Hall–Kier alpha value is -2.49. The number of hydrogen-bond acceptors (Lipinski definition) is 3. The van der Waals surface area contributed by atoms with Crippen LogP contribution in [-0.2, 0) is 0 Å². The number of benzene rings is 2. The SMILES string of the molecule is Cc1cc(C(=O)O)ccc1NCCOc1ccccc1. The van der Waals surface area contributed by atoms with Gasteiger partial charge in [-0.3, -0.25) is 0 Å². The molecule has 0 aliphatic heterocycles. The van der Waals surface area contributed by atoms with Crippen LogP contribution in [0.3, 0.4) is 0 Å². The highest BCUT2D eigenvalue weighted by Gasteiger charge is 2.05. The van der Waals surface area contributed by atoms with Crippen LogP contribution in [0.1, 0.15) is 15.9 Å². The minimum Gasteiger partial charge on any atom is -0.492 e. The molecule has 20 heavy (non-hydrogen) atoms. The third-order valence-electron chi connectivity index (χ3n) is 2.90. The van der Waals surface area contributed by atoms with Gasteiger partial charge in [0.2, 0.25) is 0 Å². The zero-order valence-electron chi connectivity index (χ0n) is 11.3. The van der Waals surface area contributed by atoms with E-state index in [1.54, 1.807) is 18.2 Å². The minimum atomic E-state index is -0.910. The summed E-state index contributed by atoms with van der Waals surface area (Å²) in [4.78, 5) is 10.8. The molecular formula is C16H17NO3. The molecule has 0 saturated carbocycles. The van der Waals surface area contributed by atoms with Crippen molar-refractivity contribution in [2.24, 2.45) is 0 Å². The Kier molecular flexibility index (Phi) is 4.60. The molecule has 0 amide bonds. The van der Waals surface area contributed by atoms with E-state index in [2.05, 4.69) is 5.32 Å². The van der Waals surface area contributed by atoms with Crippen LogP contribution in [0.15, 0.2) is 48.5 Å². The number of nitrogens with one attached hydrogen (secondary N) is 1. The first-order valence-electron chi connectivity index (χ1n) is 6.42. The molecule has 104 valence electrons. The fourth-order valence-electron chi connectivity index (χ4n) is 1.87. The summed E-state index contributed by atoms with van der Waals surface area (Å²) in [7, 11) is 0. The third-order valence-corrected chi connectivity index (χ3v) is 2.90. The molecule has 0 unspecified atom stereocenters. The summed E-state index contributed by atoms with van der Waals surface area (Å²) in [5.74, 6) is -0.0701. The maximum atomic E-state index is 10.8. The van der Waals surface area contributed by atoms with Crippen molar-refractivity contribution in [1.29, 1.82) is 0 Å². The van der Waals surface area contributed by atoms with E-state index in [1.165, 1.54) is 0 Å². The number of carbonyl (C=O) groups is 1. The monoisotopic (exact) mass is 271 g/mol. The second-order valence-electron chi connectivity index (χ2n) is 4.42. The number of ether oxygens (including phenoxy) is 1. The van der Waals surface area contributed by atoms with E-state index < -0.39 is 5.97 Å². The van der Waals surface area contributed by atoms with Crippen LogP contribution >= 0.6 is 0 Å². The lowest BCUT2D eigenvalue weighted by Crippen LogP contribution is -2.12. The predicted octanol–water partition coefficient (Wildman–Crippen LogP) is 3.18. The van der Waals surface area contributed by atoms with E-state index in [1.807, 2.05) is 37.3 Å². The summed E-state index contributed by atoms with van der Waals surface area (Å²) in [6, 6.07) is 14.6. The average molecular weight is 271 g/mol. The third kappa shape index (κ3) is 3.75. The number of anilines is 1. The quantitative estimate of drug-likeness (QED) is 0.792. The van der Waals surface area contributed by atoms with Crippen molar-refractivity contribution in [3.63, 3.8) is 0 Å².